The first kappa shape index (κ1) is 16.4. The summed E-state index contributed by atoms with van der Waals surface area (Å²) in [6.45, 7) is 0. The molecule has 2 N–H and O–H groups in total. The Bertz CT molecular complexity index is 887. The van der Waals surface area contributed by atoms with E-state index < -0.39 is 16.9 Å². The van der Waals surface area contributed by atoms with Crippen molar-refractivity contribution in [2.24, 2.45) is 0 Å². The Hall–Kier alpha value is -2.09. The number of anilines is 1. The van der Waals surface area contributed by atoms with Crippen molar-refractivity contribution in [1.29, 1.82) is 0 Å². The third kappa shape index (κ3) is 2.88. The second-order valence-corrected chi connectivity index (χ2v) is 7.51. The number of carbonyl (C=O) groups excluding carboxylic acids is 1. The van der Waals surface area contributed by atoms with E-state index in [0.717, 1.165) is 31.7 Å². The van der Waals surface area contributed by atoms with E-state index in [-0.39, 0.29) is 28.8 Å². The summed E-state index contributed by atoms with van der Waals surface area (Å²) in [6.07, 6.45) is 3.99. The highest BCUT2D eigenvalue weighted by Crippen LogP contribution is 2.42. The van der Waals surface area contributed by atoms with Gasteiger partial charge in [-0.05, 0) is 18.9 Å². The van der Waals surface area contributed by atoms with E-state index in [9.17, 15) is 18.4 Å². The summed E-state index contributed by atoms with van der Waals surface area (Å²) in [5.74, 6) is -1.11. The second kappa shape index (κ2) is 6.33. The van der Waals surface area contributed by atoms with Crippen LogP contribution in [-0.2, 0) is 4.79 Å². The molecule has 132 valence electrons. The van der Waals surface area contributed by atoms with Crippen molar-refractivity contribution in [3.63, 3.8) is 0 Å². The zero-order valence-corrected chi connectivity index (χ0v) is 14.2. The lowest BCUT2D eigenvalue weighted by Gasteiger charge is -2.17. The van der Waals surface area contributed by atoms with Gasteiger partial charge in [0.25, 0.3) is 5.56 Å². The number of nitrogens with zero attached hydrogens (tertiary/aromatic N) is 1. The Labute approximate surface area is 146 Å². The number of aromatic amines is 1. The molecule has 1 aliphatic heterocycles. The van der Waals surface area contributed by atoms with E-state index >= 15 is 0 Å². The number of rotatable bonds is 2. The molecule has 0 bridgehead atoms. The number of fused-ring (bicyclic) bond motifs is 1. The first-order chi connectivity index (χ1) is 12.0. The molecule has 1 amide bonds. The van der Waals surface area contributed by atoms with Crippen LogP contribution < -0.4 is 10.9 Å². The molecule has 0 radical (unpaired) electrons. The highest BCUT2D eigenvalue weighted by molar-refractivity contribution is 8.00. The largest absolute Gasteiger partial charge is 0.310 e. The molecule has 1 saturated carbocycles. The molecular weight excluding hydrogens is 348 g/mol. The topological polar surface area (TPSA) is 66.9 Å². The first-order valence-electron chi connectivity index (χ1n) is 8.25. The Morgan fingerprint density at radius 1 is 1.16 bits per heavy atom. The Kier molecular flexibility index (Phi) is 4.15. The summed E-state index contributed by atoms with van der Waals surface area (Å²) in [7, 11) is 0. The Balaban J connectivity index is 1.86. The van der Waals surface area contributed by atoms with Crippen LogP contribution in [0.1, 0.15) is 48.1 Å². The molecule has 2 aliphatic rings. The SMILES string of the molecule is O=C1CS[C@H](c2ccc(F)cc2F)c2c(n(C3CCCC3)[nH]c2=O)N1. The van der Waals surface area contributed by atoms with Crippen molar-refractivity contribution in [3.05, 3.63) is 51.3 Å². The highest BCUT2D eigenvalue weighted by Gasteiger charge is 2.34. The minimum atomic E-state index is -0.717. The number of carbonyl (C=O) groups is 1. The molecule has 0 saturated heterocycles. The molecule has 1 aromatic heterocycles. The van der Waals surface area contributed by atoms with Crippen LogP contribution in [-0.4, -0.2) is 21.4 Å². The Morgan fingerprint density at radius 3 is 2.64 bits per heavy atom. The average Bonchev–Trinajstić information content (AvgIpc) is 3.15. The Morgan fingerprint density at radius 2 is 1.92 bits per heavy atom. The van der Waals surface area contributed by atoms with Crippen molar-refractivity contribution in [1.82, 2.24) is 9.78 Å². The number of halogens is 2. The van der Waals surface area contributed by atoms with E-state index in [2.05, 4.69) is 10.4 Å². The van der Waals surface area contributed by atoms with Crippen LogP contribution in [0.25, 0.3) is 0 Å². The molecule has 2 aromatic rings. The molecule has 1 aliphatic carbocycles. The number of H-pyrrole nitrogens is 1. The van der Waals surface area contributed by atoms with Gasteiger partial charge in [-0.25, -0.2) is 8.78 Å². The normalized spacial score (nSPS) is 21.0. The molecule has 5 nitrogen and oxygen atoms in total. The summed E-state index contributed by atoms with van der Waals surface area (Å²) in [4.78, 5) is 24.7. The van der Waals surface area contributed by atoms with Crippen LogP contribution in [0.5, 0.6) is 0 Å². The third-order valence-electron chi connectivity index (χ3n) is 4.80. The van der Waals surface area contributed by atoms with Gasteiger partial charge < -0.3 is 5.32 Å². The van der Waals surface area contributed by atoms with Crippen LogP contribution >= 0.6 is 11.8 Å². The van der Waals surface area contributed by atoms with Crippen molar-refractivity contribution in [2.45, 2.75) is 37.0 Å². The van der Waals surface area contributed by atoms with Crippen molar-refractivity contribution in [3.8, 4) is 0 Å². The minimum Gasteiger partial charge on any atom is -0.310 e. The van der Waals surface area contributed by atoms with Gasteiger partial charge in [-0.15, -0.1) is 11.8 Å². The van der Waals surface area contributed by atoms with Crippen molar-refractivity contribution >= 4 is 23.5 Å². The van der Waals surface area contributed by atoms with Gasteiger partial charge in [0.2, 0.25) is 5.91 Å². The van der Waals surface area contributed by atoms with Gasteiger partial charge in [0.1, 0.15) is 17.5 Å². The number of benzene rings is 1. The highest BCUT2D eigenvalue weighted by atomic mass is 32.2. The number of amides is 1. The van der Waals surface area contributed by atoms with Gasteiger partial charge in [-0.3, -0.25) is 19.4 Å². The molecule has 1 atom stereocenters. The second-order valence-electron chi connectivity index (χ2n) is 6.42. The van der Waals surface area contributed by atoms with E-state index in [1.54, 1.807) is 4.68 Å². The molecular formula is C17H17F2N3O2S. The summed E-state index contributed by atoms with van der Waals surface area (Å²) >= 11 is 1.17. The lowest BCUT2D eigenvalue weighted by molar-refractivity contribution is -0.113. The molecule has 1 fully saturated rings. The summed E-state index contributed by atoms with van der Waals surface area (Å²) in [5, 5.41) is 4.94. The van der Waals surface area contributed by atoms with Gasteiger partial charge in [-0.1, -0.05) is 18.9 Å². The molecule has 8 heteroatoms. The number of hydrogen-bond acceptors (Lipinski definition) is 3. The van der Waals surface area contributed by atoms with Crippen LogP contribution in [0.3, 0.4) is 0 Å². The molecule has 0 spiro atoms. The summed E-state index contributed by atoms with van der Waals surface area (Å²) < 4.78 is 29.3. The quantitative estimate of drug-likeness (QED) is 0.858. The summed E-state index contributed by atoms with van der Waals surface area (Å²) in [6, 6.07) is 3.44. The summed E-state index contributed by atoms with van der Waals surface area (Å²) in [5.41, 5.74) is 0.192. The van der Waals surface area contributed by atoms with Crippen LogP contribution in [0.2, 0.25) is 0 Å². The number of aromatic nitrogens is 2. The fraction of sp³-hybridized carbons (Fsp3) is 0.412. The van der Waals surface area contributed by atoms with Gasteiger partial charge in [-0.2, -0.15) is 0 Å². The standard InChI is InChI=1S/C17H17F2N3O2S/c18-9-5-6-11(12(19)7-9)15-14-16(20-13(23)8-25-15)22(21-17(14)24)10-3-1-2-4-10/h5-7,10,15H,1-4,8H2,(H,20,23)(H,21,24)/t15-/m1/s1. The van der Waals surface area contributed by atoms with Crippen LogP contribution in [0.4, 0.5) is 14.6 Å². The van der Waals surface area contributed by atoms with Crippen molar-refractivity contribution < 1.29 is 13.6 Å². The van der Waals surface area contributed by atoms with Gasteiger partial charge in [0, 0.05) is 11.6 Å². The fourth-order valence-corrected chi connectivity index (χ4v) is 4.79. The minimum absolute atomic E-state index is 0.0975. The maximum absolute atomic E-state index is 14.3. The van der Waals surface area contributed by atoms with Crippen molar-refractivity contribution in [2.75, 3.05) is 11.1 Å². The third-order valence-corrected chi connectivity index (χ3v) is 6.05. The lowest BCUT2D eigenvalue weighted by Crippen LogP contribution is -2.18. The molecule has 0 unspecified atom stereocenters. The average molecular weight is 365 g/mol. The maximum Gasteiger partial charge on any atom is 0.270 e. The fourth-order valence-electron chi connectivity index (χ4n) is 3.64. The van der Waals surface area contributed by atoms with E-state index in [0.29, 0.717) is 11.4 Å². The molecule has 4 rings (SSSR count). The van der Waals surface area contributed by atoms with Crippen LogP contribution in [0.15, 0.2) is 23.0 Å². The lowest BCUT2D eigenvalue weighted by atomic mass is 10.1. The number of thioether (sulfide) groups is 1. The zero-order chi connectivity index (χ0) is 17.6. The maximum atomic E-state index is 14.3. The van der Waals surface area contributed by atoms with Gasteiger partial charge >= 0.3 is 0 Å². The van der Waals surface area contributed by atoms with E-state index in [4.69, 9.17) is 0 Å². The number of nitrogens with one attached hydrogen (secondary N) is 2. The molecule has 1 aromatic carbocycles. The predicted molar refractivity (Wildman–Crippen MR) is 91.8 cm³/mol. The first-order valence-corrected chi connectivity index (χ1v) is 9.30. The van der Waals surface area contributed by atoms with Gasteiger partial charge in [0.15, 0.2) is 0 Å². The molecule has 2 heterocycles. The smallest absolute Gasteiger partial charge is 0.270 e. The van der Waals surface area contributed by atoms with E-state index in [1.165, 1.54) is 23.9 Å². The van der Waals surface area contributed by atoms with Crippen LogP contribution in [0, 0.1) is 11.6 Å². The predicted octanol–water partition coefficient (Wildman–Crippen LogP) is 3.34. The molecule has 25 heavy (non-hydrogen) atoms. The van der Waals surface area contributed by atoms with Gasteiger partial charge in [0.05, 0.1) is 22.6 Å². The zero-order valence-electron chi connectivity index (χ0n) is 13.4. The van der Waals surface area contributed by atoms with E-state index in [1.807, 2.05) is 0 Å². The number of hydrogen-bond donors (Lipinski definition) is 2. The monoisotopic (exact) mass is 365 g/mol.